The number of amides is 2. The van der Waals surface area contributed by atoms with E-state index in [1.54, 1.807) is 23.1 Å². The number of halogens is 1. The number of carbonyl (C=O) groups is 2. The molecule has 0 atom stereocenters. The first-order valence-corrected chi connectivity index (χ1v) is 9.38. The lowest BCUT2D eigenvalue weighted by atomic mass is 10.2. The molecule has 0 bridgehead atoms. The molecule has 1 aromatic carbocycles. The SMILES string of the molecule is O=C(/C=C/c1c(Cl)nc2sccn12)Nc1ccc(N2CCCC2=O)cc1. The molecule has 0 radical (unpaired) electrons. The molecule has 26 heavy (non-hydrogen) atoms. The fourth-order valence-corrected chi connectivity index (χ4v) is 3.92. The van der Waals surface area contributed by atoms with Gasteiger partial charge in [0, 0.05) is 42.0 Å². The van der Waals surface area contributed by atoms with Gasteiger partial charge in [0.05, 0.1) is 5.69 Å². The van der Waals surface area contributed by atoms with Crippen LogP contribution in [0.2, 0.25) is 5.15 Å². The van der Waals surface area contributed by atoms with Gasteiger partial charge in [0.1, 0.15) is 0 Å². The monoisotopic (exact) mass is 386 g/mol. The third-order valence-corrected chi connectivity index (χ3v) is 5.20. The molecule has 6 nitrogen and oxygen atoms in total. The lowest BCUT2D eigenvalue weighted by Crippen LogP contribution is -2.23. The van der Waals surface area contributed by atoms with Crippen molar-refractivity contribution in [2.24, 2.45) is 0 Å². The Bertz CT molecular complexity index is 1010. The molecular weight excluding hydrogens is 372 g/mol. The molecule has 2 aromatic heterocycles. The highest BCUT2D eigenvalue weighted by atomic mass is 35.5. The maximum atomic E-state index is 12.2. The average molecular weight is 387 g/mol. The molecular formula is C18H15ClN4O2S. The number of rotatable bonds is 4. The van der Waals surface area contributed by atoms with Crippen molar-refractivity contribution in [2.75, 3.05) is 16.8 Å². The molecule has 1 aliphatic rings. The standard InChI is InChI=1S/C18H15ClN4O2S/c19-17-14(23-10-11-26-18(23)21-17)7-8-15(24)20-12-3-5-13(6-4-12)22-9-1-2-16(22)25/h3-8,10-11H,1-2,9H2,(H,20,24)/b8-7+. The highest BCUT2D eigenvalue weighted by molar-refractivity contribution is 7.15. The highest BCUT2D eigenvalue weighted by Gasteiger charge is 2.21. The number of nitrogens with one attached hydrogen (secondary N) is 1. The van der Waals surface area contributed by atoms with Crippen molar-refractivity contribution in [3.05, 3.63) is 52.8 Å². The van der Waals surface area contributed by atoms with Gasteiger partial charge in [-0.15, -0.1) is 11.3 Å². The number of carbonyl (C=O) groups excluding carboxylic acids is 2. The summed E-state index contributed by atoms with van der Waals surface area (Å²) >= 11 is 7.58. The van der Waals surface area contributed by atoms with Gasteiger partial charge in [-0.1, -0.05) is 11.6 Å². The molecule has 1 N–H and O–H groups in total. The van der Waals surface area contributed by atoms with Gasteiger partial charge in [-0.05, 0) is 36.8 Å². The molecule has 4 rings (SSSR count). The van der Waals surface area contributed by atoms with Crippen molar-refractivity contribution in [1.82, 2.24) is 9.38 Å². The summed E-state index contributed by atoms with van der Waals surface area (Å²) in [4.78, 5) is 30.7. The Balaban J connectivity index is 1.44. The summed E-state index contributed by atoms with van der Waals surface area (Å²) in [5, 5.41) is 5.06. The van der Waals surface area contributed by atoms with E-state index in [-0.39, 0.29) is 11.8 Å². The first-order valence-electron chi connectivity index (χ1n) is 8.12. The molecule has 0 spiro atoms. The number of aromatic nitrogens is 2. The molecule has 1 fully saturated rings. The Morgan fingerprint density at radius 2 is 2.12 bits per heavy atom. The number of hydrogen-bond acceptors (Lipinski definition) is 4. The first kappa shape index (κ1) is 16.8. The molecule has 3 aromatic rings. The summed E-state index contributed by atoms with van der Waals surface area (Å²) in [6.07, 6.45) is 6.40. The zero-order valence-corrected chi connectivity index (χ0v) is 15.3. The van der Waals surface area contributed by atoms with Crippen molar-refractivity contribution in [3.63, 3.8) is 0 Å². The average Bonchev–Trinajstić information content (AvgIpc) is 3.31. The van der Waals surface area contributed by atoms with Crippen LogP contribution in [0.3, 0.4) is 0 Å². The van der Waals surface area contributed by atoms with Gasteiger partial charge >= 0.3 is 0 Å². The second-order valence-electron chi connectivity index (χ2n) is 5.86. The van der Waals surface area contributed by atoms with Crippen LogP contribution in [-0.2, 0) is 9.59 Å². The van der Waals surface area contributed by atoms with Gasteiger partial charge in [0.2, 0.25) is 11.8 Å². The van der Waals surface area contributed by atoms with Crippen molar-refractivity contribution in [1.29, 1.82) is 0 Å². The Hall–Kier alpha value is -2.64. The predicted molar refractivity (Wildman–Crippen MR) is 104 cm³/mol. The summed E-state index contributed by atoms with van der Waals surface area (Å²) in [6.45, 7) is 0.746. The zero-order valence-electron chi connectivity index (χ0n) is 13.7. The number of thiazole rings is 1. The molecule has 2 amide bonds. The lowest BCUT2D eigenvalue weighted by Gasteiger charge is -2.15. The van der Waals surface area contributed by atoms with Crippen LogP contribution >= 0.6 is 22.9 Å². The van der Waals surface area contributed by atoms with Crippen molar-refractivity contribution < 1.29 is 9.59 Å². The fraction of sp³-hybridized carbons (Fsp3) is 0.167. The van der Waals surface area contributed by atoms with Crippen molar-refractivity contribution >= 4 is 57.2 Å². The minimum Gasteiger partial charge on any atom is -0.323 e. The second kappa shape index (κ2) is 6.93. The van der Waals surface area contributed by atoms with Crippen LogP contribution < -0.4 is 10.2 Å². The normalized spacial score (nSPS) is 14.7. The second-order valence-corrected chi connectivity index (χ2v) is 7.09. The molecule has 3 heterocycles. The quantitative estimate of drug-likeness (QED) is 0.693. The lowest BCUT2D eigenvalue weighted by molar-refractivity contribution is -0.117. The zero-order chi connectivity index (χ0) is 18.1. The fourth-order valence-electron chi connectivity index (χ4n) is 2.91. The highest BCUT2D eigenvalue weighted by Crippen LogP contribution is 2.24. The smallest absolute Gasteiger partial charge is 0.248 e. The summed E-state index contributed by atoms with van der Waals surface area (Å²) < 4.78 is 1.83. The van der Waals surface area contributed by atoms with Crippen LogP contribution in [0.1, 0.15) is 18.5 Å². The van der Waals surface area contributed by atoms with Crippen molar-refractivity contribution in [2.45, 2.75) is 12.8 Å². The number of anilines is 2. The maximum absolute atomic E-state index is 12.2. The number of hydrogen-bond donors (Lipinski definition) is 1. The Kier molecular flexibility index (Phi) is 4.48. The van der Waals surface area contributed by atoms with Crippen LogP contribution in [0, 0.1) is 0 Å². The molecule has 132 valence electrons. The van der Waals surface area contributed by atoms with E-state index in [0.29, 0.717) is 23.0 Å². The molecule has 8 heteroatoms. The van der Waals surface area contributed by atoms with Gasteiger partial charge in [-0.3, -0.25) is 14.0 Å². The molecule has 0 saturated carbocycles. The Morgan fingerprint density at radius 1 is 1.31 bits per heavy atom. The topological polar surface area (TPSA) is 66.7 Å². The van der Waals surface area contributed by atoms with Crippen molar-refractivity contribution in [3.8, 4) is 0 Å². The largest absolute Gasteiger partial charge is 0.323 e. The minimum absolute atomic E-state index is 0.141. The molecule has 1 aliphatic heterocycles. The van der Waals surface area contributed by atoms with Gasteiger partial charge in [-0.25, -0.2) is 4.98 Å². The van der Waals surface area contributed by atoms with Crippen LogP contribution in [-0.4, -0.2) is 27.7 Å². The van der Waals surface area contributed by atoms with Crippen LogP contribution in [0.25, 0.3) is 11.0 Å². The van der Waals surface area contributed by atoms with Gasteiger partial charge < -0.3 is 10.2 Å². The van der Waals surface area contributed by atoms with E-state index in [4.69, 9.17) is 11.6 Å². The van der Waals surface area contributed by atoms with E-state index in [9.17, 15) is 9.59 Å². The van der Waals surface area contributed by atoms with E-state index in [0.717, 1.165) is 23.6 Å². The van der Waals surface area contributed by atoms with E-state index in [1.165, 1.54) is 17.4 Å². The van der Waals surface area contributed by atoms with Crippen LogP contribution in [0.5, 0.6) is 0 Å². The predicted octanol–water partition coefficient (Wildman–Crippen LogP) is 3.83. The van der Waals surface area contributed by atoms with E-state index in [1.807, 2.05) is 28.1 Å². The number of imidazole rings is 1. The third-order valence-electron chi connectivity index (χ3n) is 4.17. The summed E-state index contributed by atoms with van der Waals surface area (Å²) in [6, 6.07) is 7.25. The van der Waals surface area contributed by atoms with E-state index in [2.05, 4.69) is 10.3 Å². The third kappa shape index (κ3) is 3.23. The number of fused-ring (bicyclic) bond motifs is 1. The van der Waals surface area contributed by atoms with Crippen LogP contribution in [0.15, 0.2) is 41.9 Å². The molecule has 0 aliphatic carbocycles. The summed E-state index contributed by atoms with van der Waals surface area (Å²) in [5.74, 6) is -0.126. The number of benzene rings is 1. The molecule has 0 unspecified atom stereocenters. The van der Waals surface area contributed by atoms with Crippen LogP contribution in [0.4, 0.5) is 11.4 Å². The maximum Gasteiger partial charge on any atom is 0.248 e. The van der Waals surface area contributed by atoms with Gasteiger partial charge in [0.15, 0.2) is 10.1 Å². The van der Waals surface area contributed by atoms with Gasteiger partial charge in [-0.2, -0.15) is 0 Å². The summed E-state index contributed by atoms with van der Waals surface area (Å²) in [7, 11) is 0. The van der Waals surface area contributed by atoms with E-state index < -0.39 is 0 Å². The number of nitrogens with zero attached hydrogens (tertiary/aromatic N) is 3. The van der Waals surface area contributed by atoms with Gasteiger partial charge in [0.25, 0.3) is 0 Å². The minimum atomic E-state index is -0.267. The Morgan fingerprint density at radius 3 is 2.85 bits per heavy atom. The first-order chi connectivity index (χ1) is 12.6. The Labute approximate surface area is 158 Å². The van der Waals surface area contributed by atoms with E-state index >= 15 is 0 Å². The molecule has 1 saturated heterocycles. The summed E-state index contributed by atoms with van der Waals surface area (Å²) in [5.41, 5.74) is 2.18.